The molecule has 0 atom stereocenters. The summed E-state index contributed by atoms with van der Waals surface area (Å²) >= 11 is 6.05. The predicted octanol–water partition coefficient (Wildman–Crippen LogP) is 5.05. The number of anilines is 3. The summed E-state index contributed by atoms with van der Waals surface area (Å²) in [5.41, 5.74) is 3.51. The van der Waals surface area contributed by atoms with Crippen LogP contribution in [0.5, 0.6) is 5.75 Å². The number of benzene rings is 2. The van der Waals surface area contributed by atoms with Crippen LogP contribution < -0.4 is 15.4 Å². The van der Waals surface area contributed by atoms with Crippen molar-refractivity contribution in [1.29, 1.82) is 0 Å². The average Bonchev–Trinajstić information content (AvgIpc) is 2.62. The average molecular weight is 368 g/mol. The Balaban J connectivity index is 1.80. The number of halogens is 1. The minimum atomic E-state index is -0.280. The van der Waals surface area contributed by atoms with Crippen molar-refractivity contribution in [2.75, 3.05) is 17.7 Å². The second-order valence-corrected chi connectivity index (χ2v) is 6.16. The molecule has 132 valence electrons. The van der Waals surface area contributed by atoms with Crippen molar-refractivity contribution in [3.05, 3.63) is 77.1 Å². The van der Waals surface area contributed by atoms with Crippen LogP contribution in [0.2, 0.25) is 5.02 Å². The van der Waals surface area contributed by atoms with E-state index in [-0.39, 0.29) is 5.91 Å². The van der Waals surface area contributed by atoms with Gasteiger partial charge in [0.2, 0.25) is 0 Å². The van der Waals surface area contributed by atoms with Crippen LogP contribution >= 0.6 is 11.6 Å². The summed E-state index contributed by atoms with van der Waals surface area (Å²) in [5.74, 6) is 0.370. The number of pyridine rings is 1. The molecule has 0 bridgehead atoms. The Morgan fingerprint density at radius 1 is 1.08 bits per heavy atom. The highest BCUT2D eigenvalue weighted by molar-refractivity contribution is 6.31. The zero-order chi connectivity index (χ0) is 18.5. The molecule has 0 aliphatic heterocycles. The summed E-state index contributed by atoms with van der Waals surface area (Å²) in [7, 11) is 1.59. The Labute approximate surface area is 157 Å². The fourth-order valence-corrected chi connectivity index (χ4v) is 2.66. The first-order chi connectivity index (χ1) is 12.5. The molecule has 0 unspecified atom stereocenters. The maximum absolute atomic E-state index is 12.5. The van der Waals surface area contributed by atoms with Crippen LogP contribution in [-0.4, -0.2) is 18.0 Å². The molecule has 0 radical (unpaired) electrons. The van der Waals surface area contributed by atoms with Gasteiger partial charge < -0.3 is 15.4 Å². The first-order valence-corrected chi connectivity index (χ1v) is 8.37. The van der Waals surface area contributed by atoms with Crippen LogP contribution in [-0.2, 0) is 0 Å². The third kappa shape index (κ3) is 4.32. The van der Waals surface area contributed by atoms with Gasteiger partial charge in [0.1, 0.15) is 11.4 Å². The Bertz CT molecular complexity index is 944. The number of methoxy groups -OCH3 is 1. The van der Waals surface area contributed by atoms with Crippen LogP contribution in [0.1, 0.15) is 16.1 Å². The highest BCUT2D eigenvalue weighted by Gasteiger charge is 2.10. The topological polar surface area (TPSA) is 63.2 Å². The van der Waals surface area contributed by atoms with E-state index in [1.165, 1.54) is 0 Å². The van der Waals surface area contributed by atoms with Gasteiger partial charge in [0.05, 0.1) is 12.8 Å². The molecule has 6 heteroatoms. The molecular formula is C20H18ClN3O2. The maximum Gasteiger partial charge on any atom is 0.274 e. The third-order valence-electron chi connectivity index (χ3n) is 3.71. The Kier molecular flexibility index (Phi) is 5.39. The van der Waals surface area contributed by atoms with E-state index in [0.29, 0.717) is 27.8 Å². The number of carbonyl (C=O) groups is 1. The van der Waals surface area contributed by atoms with Crippen molar-refractivity contribution in [2.45, 2.75) is 6.92 Å². The number of carbonyl (C=O) groups excluding carboxylic acids is 1. The zero-order valence-corrected chi connectivity index (χ0v) is 15.2. The second-order valence-electron chi connectivity index (χ2n) is 5.72. The molecular weight excluding hydrogens is 350 g/mol. The van der Waals surface area contributed by atoms with Gasteiger partial charge in [0, 0.05) is 22.6 Å². The molecule has 0 fully saturated rings. The molecule has 0 aliphatic rings. The molecule has 0 aliphatic carbocycles. The molecule has 0 saturated carbocycles. The van der Waals surface area contributed by atoms with Gasteiger partial charge in [-0.15, -0.1) is 0 Å². The quantitative estimate of drug-likeness (QED) is 0.662. The van der Waals surface area contributed by atoms with Gasteiger partial charge in [-0.05, 0) is 55.0 Å². The van der Waals surface area contributed by atoms with Crippen LogP contribution in [0.15, 0.2) is 60.8 Å². The van der Waals surface area contributed by atoms with Crippen molar-refractivity contribution in [3.63, 3.8) is 0 Å². The number of nitrogens with zero attached hydrogens (tertiary/aromatic N) is 1. The highest BCUT2D eigenvalue weighted by atomic mass is 35.5. The van der Waals surface area contributed by atoms with E-state index >= 15 is 0 Å². The van der Waals surface area contributed by atoms with Crippen LogP contribution in [0.3, 0.4) is 0 Å². The van der Waals surface area contributed by atoms with E-state index in [1.807, 2.05) is 31.2 Å². The first kappa shape index (κ1) is 17.8. The Hall–Kier alpha value is -3.05. The standard InChI is InChI=1S/C20H18ClN3O2/c1-13-4-3-5-15(10-13)24-20(25)18-12-16(8-9-22-18)23-17-11-14(21)6-7-19(17)26-2/h3-12H,1-2H3,(H,22,23)(H,24,25). The van der Waals surface area contributed by atoms with Crippen LogP contribution in [0.4, 0.5) is 17.1 Å². The molecule has 3 rings (SSSR count). The third-order valence-corrected chi connectivity index (χ3v) is 3.94. The van der Waals surface area contributed by atoms with E-state index in [1.54, 1.807) is 43.6 Å². The van der Waals surface area contributed by atoms with Gasteiger partial charge in [-0.1, -0.05) is 23.7 Å². The largest absolute Gasteiger partial charge is 0.495 e. The Morgan fingerprint density at radius 3 is 2.69 bits per heavy atom. The number of rotatable bonds is 5. The molecule has 26 heavy (non-hydrogen) atoms. The molecule has 5 nitrogen and oxygen atoms in total. The normalized spacial score (nSPS) is 10.3. The first-order valence-electron chi connectivity index (χ1n) is 8.00. The van der Waals surface area contributed by atoms with Gasteiger partial charge in [-0.2, -0.15) is 0 Å². The van der Waals surface area contributed by atoms with Crippen LogP contribution in [0, 0.1) is 6.92 Å². The van der Waals surface area contributed by atoms with Gasteiger partial charge in [-0.3, -0.25) is 9.78 Å². The van der Waals surface area contributed by atoms with E-state index in [9.17, 15) is 4.79 Å². The monoisotopic (exact) mass is 367 g/mol. The van der Waals surface area contributed by atoms with Crippen molar-refractivity contribution < 1.29 is 9.53 Å². The summed E-state index contributed by atoms with van der Waals surface area (Å²) in [6, 6.07) is 16.3. The van der Waals surface area contributed by atoms with Crippen LogP contribution in [0.25, 0.3) is 0 Å². The lowest BCUT2D eigenvalue weighted by Crippen LogP contribution is -2.13. The summed E-state index contributed by atoms with van der Waals surface area (Å²) in [4.78, 5) is 16.6. The van der Waals surface area contributed by atoms with Gasteiger partial charge in [0.15, 0.2) is 0 Å². The van der Waals surface area contributed by atoms with E-state index in [2.05, 4.69) is 15.6 Å². The lowest BCUT2D eigenvalue weighted by molar-refractivity contribution is 0.102. The number of hydrogen-bond acceptors (Lipinski definition) is 4. The summed E-state index contributed by atoms with van der Waals surface area (Å²) in [6.07, 6.45) is 1.57. The summed E-state index contributed by atoms with van der Waals surface area (Å²) in [6.45, 7) is 1.97. The summed E-state index contributed by atoms with van der Waals surface area (Å²) in [5, 5.41) is 6.63. The fourth-order valence-electron chi connectivity index (χ4n) is 2.48. The number of ether oxygens (including phenoxy) is 1. The number of aryl methyl sites for hydroxylation is 1. The number of nitrogens with one attached hydrogen (secondary N) is 2. The van der Waals surface area contributed by atoms with Crippen molar-refractivity contribution in [3.8, 4) is 5.75 Å². The highest BCUT2D eigenvalue weighted by Crippen LogP contribution is 2.30. The molecule has 1 heterocycles. The van der Waals surface area contributed by atoms with Crippen molar-refractivity contribution in [2.24, 2.45) is 0 Å². The molecule has 2 N–H and O–H groups in total. The molecule has 0 saturated heterocycles. The minimum Gasteiger partial charge on any atom is -0.495 e. The number of aromatic nitrogens is 1. The fraction of sp³-hybridized carbons (Fsp3) is 0.100. The van der Waals surface area contributed by atoms with Crippen molar-refractivity contribution >= 4 is 34.6 Å². The molecule has 0 spiro atoms. The SMILES string of the molecule is COc1ccc(Cl)cc1Nc1ccnc(C(=O)Nc2cccc(C)c2)c1. The predicted molar refractivity (Wildman–Crippen MR) is 105 cm³/mol. The smallest absolute Gasteiger partial charge is 0.274 e. The maximum atomic E-state index is 12.5. The van der Waals surface area contributed by atoms with E-state index in [4.69, 9.17) is 16.3 Å². The lowest BCUT2D eigenvalue weighted by atomic mass is 10.2. The Morgan fingerprint density at radius 2 is 1.92 bits per heavy atom. The lowest BCUT2D eigenvalue weighted by Gasteiger charge is -2.12. The molecule has 1 aromatic heterocycles. The van der Waals surface area contributed by atoms with E-state index in [0.717, 1.165) is 11.3 Å². The summed E-state index contributed by atoms with van der Waals surface area (Å²) < 4.78 is 5.32. The molecule has 1 amide bonds. The zero-order valence-electron chi connectivity index (χ0n) is 14.4. The van der Waals surface area contributed by atoms with Gasteiger partial charge in [-0.25, -0.2) is 0 Å². The number of hydrogen-bond donors (Lipinski definition) is 2. The van der Waals surface area contributed by atoms with E-state index < -0.39 is 0 Å². The van der Waals surface area contributed by atoms with Gasteiger partial charge in [0.25, 0.3) is 5.91 Å². The second kappa shape index (κ2) is 7.89. The number of amides is 1. The molecule has 2 aromatic carbocycles. The van der Waals surface area contributed by atoms with Gasteiger partial charge >= 0.3 is 0 Å². The molecule has 3 aromatic rings. The minimum absolute atomic E-state index is 0.280. The van der Waals surface area contributed by atoms with Crippen molar-refractivity contribution in [1.82, 2.24) is 4.98 Å².